The highest BCUT2D eigenvalue weighted by molar-refractivity contribution is 9.10. The van der Waals surface area contributed by atoms with Gasteiger partial charge in [0.2, 0.25) is 5.91 Å². The van der Waals surface area contributed by atoms with Gasteiger partial charge in [-0.15, -0.1) is 0 Å². The van der Waals surface area contributed by atoms with Gasteiger partial charge in [0.25, 0.3) is 0 Å². The minimum absolute atomic E-state index is 0.0570. The first-order chi connectivity index (χ1) is 12.2. The molecule has 0 spiro atoms. The van der Waals surface area contributed by atoms with Crippen LogP contribution >= 0.6 is 15.9 Å². The van der Waals surface area contributed by atoms with E-state index in [9.17, 15) is 4.79 Å². The van der Waals surface area contributed by atoms with Gasteiger partial charge in [0.05, 0.1) is 13.0 Å². The smallest absolute Gasteiger partial charge is 0.223 e. The molecular weight excluding hydrogens is 380 g/mol. The first-order valence-electron chi connectivity index (χ1n) is 8.63. The molecule has 2 aromatic rings. The van der Waals surface area contributed by atoms with Crippen molar-refractivity contribution in [1.29, 1.82) is 0 Å². The topological polar surface area (TPSA) is 41.6 Å². The number of rotatable bonds is 7. The highest BCUT2D eigenvalue weighted by Gasteiger charge is 2.23. The fraction of sp³-hybridized carbons (Fsp3) is 0.350. The van der Waals surface area contributed by atoms with E-state index in [0.29, 0.717) is 13.0 Å². The maximum atomic E-state index is 12.1. The Morgan fingerprint density at radius 1 is 1.20 bits per heavy atom. The Morgan fingerprint density at radius 3 is 2.84 bits per heavy atom. The first kappa shape index (κ1) is 18.0. The highest BCUT2D eigenvalue weighted by Crippen LogP contribution is 2.18. The van der Waals surface area contributed by atoms with Gasteiger partial charge in [0.1, 0.15) is 5.75 Å². The van der Waals surface area contributed by atoms with Crippen molar-refractivity contribution in [3.05, 3.63) is 64.6 Å². The molecule has 1 aliphatic rings. The third kappa shape index (κ3) is 5.87. The quantitative estimate of drug-likeness (QED) is 0.768. The second kappa shape index (κ2) is 9.02. The Labute approximate surface area is 157 Å². The van der Waals surface area contributed by atoms with Crippen molar-refractivity contribution in [3.8, 4) is 5.75 Å². The highest BCUT2D eigenvalue weighted by atomic mass is 79.9. The van der Waals surface area contributed by atoms with Gasteiger partial charge in [-0.05, 0) is 30.2 Å². The third-order valence-electron chi connectivity index (χ3n) is 4.28. The molecule has 0 aliphatic carbocycles. The molecule has 1 amide bonds. The Morgan fingerprint density at radius 2 is 2.04 bits per heavy atom. The zero-order valence-corrected chi connectivity index (χ0v) is 15.7. The molecule has 132 valence electrons. The number of ether oxygens (including phenoxy) is 1. The number of nitrogens with zero attached hydrogens (tertiary/aromatic N) is 1. The van der Waals surface area contributed by atoms with E-state index in [1.54, 1.807) is 0 Å². The zero-order chi connectivity index (χ0) is 17.5. The number of nitrogens with one attached hydrogen (secondary N) is 1. The molecule has 1 aliphatic heterocycles. The van der Waals surface area contributed by atoms with E-state index >= 15 is 0 Å². The summed E-state index contributed by atoms with van der Waals surface area (Å²) in [5.41, 5.74) is 1.32. The summed E-state index contributed by atoms with van der Waals surface area (Å²) < 4.78 is 6.59. The van der Waals surface area contributed by atoms with Crippen molar-refractivity contribution in [2.75, 3.05) is 19.7 Å². The summed E-state index contributed by atoms with van der Waals surface area (Å²) >= 11 is 3.41. The Hall–Kier alpha value is -1.85. The molecule has 0 bridgehead atoms. The average Bonchev–Trinajstić information content (AvgIpc) is 3.02. The van der Waals surface area contributed by atoms with Crippen LogP contribution in [-0.4, -0.2) is 36.5 Å². The van der Waals surface area contributed by atoms with Crippen molar-refractivity contribution < 1.29 is 9.53 Å². The molecule has 25 heavy (non-hydrogen) atoms. The van der Waals surface area contributed by atoms with Gasteiger partial charge in [0, 0.05) is 30.1 Å². The number of halogens is 1. The first-order valence-corrected chi connectivity index (χ1v) is 9.42. The summed E-state index contributed by atoms with van der Waals surface area (Å²) in [5, 5.41) is 3.12. The van der Waals surface area contributed by atoms with E-state index in [2.05, 4.69) is 50.4 Å². The number of hydrogen-bond donors (Lipinski definition) is 1. The average molecular weight is 403 g/mol. The number of hydrogen-bond acceptors (Lipinski definition) is 3. The van der Waals surface area contributed by atoms with Crippen molar-refractivity contribution in [2.45, 2.75) is 25.4 Å². The van der Waals surface area contributed by atoms with Gasteiger partial charge in [-0.25, -0.2) is 0 Å². The number of carbonyl (C=O) groups is 1. The summed E-state index contributed by atoms with van der Waals surface area (Å²) in [4.78, 5) is 14.5. The lowest BCUT2D eigenvalue weighted by atomic mass is 10.2. The largest absolute Gasteiger partial charge is 0.493 e. The maximum Gasteiger partial charge on any atom is 0.223 e. The Kier molecular flexibility index (Phi) is 6.48. The van der Waals surface area contributed by atoms with Gasteiger partial charge >= 0.3 is 0 Å². The van der Waals surface area contributed by atoms with E-state index in [1.165, 1.54) is 5.56 Å². The van der Waals surface area contributed by atoms with Gasteiger partial charge in [-0.3, -0.25) is 9.69 Å². The molecule has 2 aromatic carbocycles. The molecule has 4 nitrogen and oxygen atoms in total. The Balaban J connectivity index is 1.36. The molecule has 0 saturated carbocycles. The van der Waals surface area contributed by atoms with Crippen molar-refractivity contribution in [1.82, 2.24) is 10.2 Å². The van der Waals surface area contributed by atoms with Gasteiger partial charge < -0.3 is 10.1 Å². The lowest BCUT2D eigenvalue weighted by Crippen LogP contribution is -2.37. The molecule has 1 fully saturated rings. The van der Waals surface area contributed by atoms with Gasteiger partial charge in [-0.1, -0.05) is 52.3 Å². The summed E-state index contributed by atoms with van der Waals surface area (Å²) in [6.45, 7) is 3.27. The van der Waals surface area contributed by atoms with E-state index in [-0.39, 0.29) is 11.9 Å². The minimum atomic E-state index is 0.0570. The predicted molar refractivity (Wildman–Crippen MR) is 103 cm³/mol. The van der Waals surface area contributed by atoms with Crippen LogP contribution in [0.2, 0.25) is 0 Å². The molecule has 1 saturated heterocycles. The van der Waals surface area contributed by atoms with Crippen LogP contribution in [-0.2, 0) is 11.3 Å². The van der Waals surface area contributed by atoms with Crippen LogP contribution in [0, 0.1) is 0 Å². The lowest BCUT2D eigenvalue weighted by Gasteiger charge is -2.17. The van der Waals surface area contributed by atoms with Gasteiger partial charge in [0.15, 0.2) is 0 Å². The van der Waals surface area contributed by atoms with Crippen molar-refractivity contribution >= 4 is 21.8 Å². The van der Waals surface area contributed by atoms with Crippen LogP contribution in [0.5, 0.6) is 5.75 Å². The monoisotopic (exact) mass is 402 g/mol. The van der Waals surface area contributed by atoms with Crippen LogP contribution in [0.4, 0.5) is 0 Å². The van der Waals surface area contributed by atoms with Crippen molar-refractivity contribution in [3.63, 3.8) is 0 Å². The van der Waals surface area contributed by atoms with Crippen LogP contribution in [0.25, 0.3) is 0 Å². The fourth-order valence-corrected chi connectivity index (χ4v) is 3.43. The zero-order valence-electron chi connectivity index (χ0n) is 14.2. The third-order valence-corrected chi connectivity index (χ3v) is 4.77. The molecule has 1 atom stereocenters. The van der Waals surface area contributed by atoms with E-state index in [0.717, 1.165) is 36.3 Å². The number of amides is 1. The van der Waals surface area contributed by atoms with E-state index < -0.39 is 0 Å². The number of benzene rings is 2. The molecule has 0 radical (unpaired) electrons. The molecular formula is C20H23BrN2O2. The van der Waals surface area contributed by atoms with E-state index in [1.807, 2.05) is 30.3 Å². The van der Waals surface area contributed by atoms with E-state index in [4.69, 9.17) is 4.74 Å². The molecule has 1 N–H and O–H groups in total. The minimum Gasteiger partial charge on any atom is -0.493 e. The second-order valence-corrected chi connectivity index (χ2v) is 7.25. The standard InChI is InChI=1S/C20H23BrN2O2/c21-17-7-4-8-19(13-17)25-12-10-20(24)22-18-9-11-23(15-18)14-16-5-2-1-3-6-16/h1-8,13,18H,9-12,14-15H2,(H,22,24). The summed E-state index contributed by atoms with van der Waals surface area (Å²) in [6.07, 6.45) is 1.38. The maximum absolute atomic E-state index is 12.1. The molecule has 5 heteroatoms. The van der Waals surface area contributed by atoms with Crippen LogP contribution < -0.4 is 10.1 Å². The van der Waals surface area contributed by atoms with Crippen LogP contribution in [0.1, 0.15) is 18.4 Å². The fourth-order valence-electron chi connectivity index (χ4n) is 3.05. The summed E-state index contributed by atoms with van der Waals surface area (Å²) in [6, 6.07) is 18.3. The normalized spacial score (nSPS) is 17.4. The van der Waals surface area contributed by atoms with Crippen molar-refractivity contribution in [2.24, 2.45) is 0 Å². The number of likely N-dealkylation sites (tertiary alicyclic amines) is 1. The van der Waals surface area contributed by atoms with Crippen LogP contribution in [0.15, 0.2) is 59.1 Å². The molecule has 1 unspecified atom stereocenters. The second-order valence-electron chi connectivity index (χ2n) is 6.33. The SMILES string of the molecule is O=C(CCOc1cccc(Br)c1)NC1CCN(Cc2ccccc2)C1. The Bertz CT molecular complexity index is 693. The summed E-state index contributed by atoms with van der Waals surface area (Å²) in [7, 11) is 0. The van der Waals surface area contributed by atoms with Gasteiger partial charge in [-0.2, -0.15) is 0 Å². The number of carbonyl (C=O) groups excluding carboxylic acids is 1. The molecule has 3 rings (SSSR count). The molecule has 1 heterocycles. The van der Waals surface area contributed by atoms with Crippen LogP contribution in [0.3, 0.4) is 0 Å². The summed E-state index contributed by atoms with van der Waals surface area (Å²) in [5.74, 6) is 0.832. The lowest BCUT2D eigenvalue weighted by molar-refractivity contribution is -0.122. The molecule has 0 aromatic heterocycles. The predicted octanol–water partition coefficient (Wildman–Crippen LogP) is 3.61.